The largest absolute Gasteiger partial charge is 0.390 e. The lowest BCUT2D eigenvalue weighted by molar-refractivity contribution is -0.132. The molecule has 1 aliphatic carbocycles. The lowest BCUT2D eigenvalue weighted by atomic mass is 9.79. The maximum absolute atomic E-state index is 12.1. The van der Waals surface area contributed by atoms with Crippen LogP contribution in [0, 0.1) is 0 Å². The van der Waals surface area contributed by atoms with Crippen LogP contribution in [0.1, 0.15) is 33.1 Å². The fourth-order valence-corrected chi connectivity index (χ4v) is 3.29. The molecule has 0 saturated heterocycles. The number of hydrogen-bond acceptors (Lipinski definition) is 3. The normalized spacial score (nSPS) is 25.2. The first-order valence-electron chi connectivity index (χ1n) is 7.23. The van der Waals surface area contributed by atoms with Gasteiger partial charge in [0, 0.05) is 18.3 Å². The predicted molar refractivity (Wildman–Crippen MR) is 96.2 cm³/mol. The number of guanidine groups is 1. The molecule has 0 spiro atoms. The van der Waals surface area contributed by atoms with Gasteiger partial charge in [0.05, 0.1) is 18.6 Å². The van der Waals surface area contributed by atoms with Gasteiger partial charge >= 0.3 is 6.18 Å². The molecule has 0 amide bonds. The van der Waals surface area contributed by atoms with Crippen molar-refractivity contribution < 1.29 is 18.3 Å². The van der Waals surface area contributed by atoms with Gasteiger partial charge in [-0.25, -0.2) is 0 Å². The number of nitrogens with zero attached hydrogens (tertiary/aromatic N) is 1. The van der Waals surface area contributed by atoms with Crippen LogP contribution in [-0.2, 0) is 0 Å². The Kier molecular flexibility index (Phi) is 10.1. The summed E-state index contributed by atoms with van der Waals surface area (Å²) < 4.78 is 36.4. The first-order valence-corrected chi connectivity index (χ1v) is 8.28. The van der Waals surface area contributed by atoms with Crippen molar-refractivity contribution >= 4 is 41.7 Å². The maximum atomic E-state index is 12.1. The van der Waals surface area contributed by atoms with Crippen LogP contribution in [0.2, 0.25) is 0 Å². The molecule has 1 rings (SSSR count). The van der Waals surface area contributed by atoms with E-state index < -0.39 is 18.2 Å². The van der Waals surface area contributed by atoms with E-state index in [1.54, 1.807) is 11.8 Å². The number of halogens is 4. The number of rotatable bonds is 7. The molecule has 1 saturated carbocycles. The zero-order valence-electron chi connectivity index (χ0n) is 12.9. The average Bonchev–Trinajstić information content (AvgIpc) is 2.39. The van der Waals surface area contributed by atoms with Crippen molar-refractivity contribution in [1.29, 1.82) is 0 Å². The molecular formula is C13H25F3IN3OS. The van der Waals surface area contributed by atoms with Crippen molar-refractivity contribution in [3.63, 3.8) is 0 Å². The van der Waals surface area contributed by atoms with Gasteiger partial charge in [-0.15, -0.1) is 24.0 Å². The van der Waals surface area contributed by atoms with Crippen LogP contribution in [0.4, 0.5) is 13.2 Å². The molecule has 132 valence electrons. The van der Waals surface area contributed by atoms with E-state index in [1.165, 1.54) is 0 Å². The zero-order chi connectivity index (χ0) is 15.9. The highest BCUT2D eigenvalue weighted by molar-refractivity contribution is 14.0. The molecular weight excluding hydrogens is 430 g/mol. The smallest absolute Gasteiger partial charge is 0.387 e. The number of thioether (sulfide) groups is 1. The second-order valence-corrected chi connectivity index (χ2v) is 6.55. The number of aliphatic imine (C=N–C) groups is 1. The van der Waals surface area contributed by atoms with Gasteiger partial charge in [0.25, 0.3) is 0 Å². The molecule has 2 unspecified atom stereocenters. The second kappa shape index (κ2) is 10.1. The van der Waals surface area contributed by atoms with E-state index >= 15 is 0 Å². The Bertz CT molecular complexity index is 358. The molecule has 2 atom stereocenters. The molecule has 0 aromatic rings. The molecule has 4 nitrogen and oxygen atoms in total. The Morgan fingerprint density at radius 1 is 1.36 bits per heavy atom. The van der Waals surface area contributed by atoms with Crippen LogP contribution in [-0.4, -0.2) is 53.5 Å². The summed E-state index contributed by atoms with van der Waals surface area (Å²) in [7, 11) is 0. The standard InChI is InChI=1S/C13H24F3N3OS.HI/c1-3-17-11(18-8-7-13(14,15)16)19-9-12(20)6-5-10(12)21-4-2;/h10,20H,3-9H2,1-2H3,(H2,17,18,19);1H. The second-order valence-electron chi connectivity index (χ2n) is 5.07. The number of hydrogen-bond donors (Lipinski definition) is 3. The highest BCUT2D eigenvalue weighted by Gasteiger charge is 2.45. The molecule has 0 aliphatic heterocycles. The Morgan fingerprint density at radius 3 is 2.50 bits per heavy atom. The highest BCUT2D eigenvalue weighted by Crippen LogP contribution is 2.41. The Labute approximate surface area is 151 Å². The van der Waals surface area contributed by atoms with Crippen molar-refractivity contribution in [2.75, 3.05) is 25.4 Å². The summed E-state index contributed by atoms with van der Waals surface area (Å²) in [5, 5.41) is 16.1. The van der Waals surface area contributed by atoms with E-state index in [-0.39, 0.29) is 42.3 Å². The van der Waals surface area contributed by atoms with E-state index in [1.807, 2.05) is 13.8 Å². The van der Waals surface area contributed by atoms with E-state index in [4.69, 9.17) is 0 Å². The molecule has 3 N–H and O–H groups in total. The summed E-state index contributed by atoms with van der Waals surface area (Å²) >= 11 is 1.70. The van der Waals surface area contributed by atoms with Crippen molar-refractivity contribution in [2.24, 2.45) is 4.99 Å². The molecule has 0 radical (unpaired) electrons. The van der Waals surface area contributed by atoms with Gasteiger partial charge in [0.15, 0.2) is 5.96 Å². The van der Waals surface area contributed by atoms with Crippen LogP contribution in [0.5, 0.6) is 0 Å². The topological polar surface area (TPSA) is 56.7 Å². The maximum Gasteiger partial charge on any atom is 0.390 e. The third kappa shape index (κ3) is 7.58. The minimum absolute atomic E-state index is 0. The molecule has 1 aliphatic rings. The number of aliphatic hydroxyl groups is 1. The Morgan fingerprint density at radius 2 is 2.05 bits per heavy atom. The third-order valence-corrected chi connectivity index (χ3v) is 4.77. The fourth-order valence-electron chi connectivity index (χ4n) is 2.10. The lowest BCUT2D eigenvalue weighted by Gasteiger charge is -2.44. The summed E-state index contributed by atoms with van der Waals surface area (Å²) in [5.41, 5.74) is -0.826. The van der Waals surface area contributed by atoms with Crippen LogP contribution in [0.15, 0.2) is 4.99 Å². The van der Waals surface area contributed by atoms with E-state index in [0.717, 1.165) is 12.2 Å². The zero-order valence-corrected chi connectivity index (χ0v) is 16.0. The monoisotopic (exact) mass is 455 g/mol. The van der Waals surface area contributed by atoms with Gasteiger partial charge in [-0.3, -0.25) is 4.99 Å². The van der Waals surface area contributed by atoms with E-state index in [0.29, 0.717) is 18.9 Å². The van der Waals surface area contributed by atoms with Crippen molar-refractivity contribution in [3.8, 4) is 0 Å². The molecule has 0 aromatic carbocycles. The van der Waals surface area contributed by atoms with Gasteiger partial charge < -0.3 is 15.7 Å². The summed E-state index contributed by atoms with van der Waals surface area (Å²) in [6.07, 6.45) is -3.44. The van der Waals surface area contributed by atoms with Gasteiger partial charge in [-0.2, -0.15) is 24.9 Å². The van der Waals surface area contributed by atoms with Crippen molar-refractivity contribution in [3.05, 3.63) is 0 Å². The van der Waals surface area contributed by atoms with Gasteiger partial charge in [-0.05, 0) is 25.5 Å². The summed E-state index contributed by atoms with van der Waals surface area (Å²) in [5.74, 6) is 1.25. The lowest BCUT2D eigenvalue weighted by Crippen LogP contribution is -2.53. The SMILES string of the molecule is CCNC(=NCC1(O)CCC1SCC)NCCC(F)(F)F.I. The van der Waals surface area contributed by atoms with Crippen LogP contribution < -0.4 is 10.6 Å². The first kappa shape index (κ1) is 22.1. The highest BCUT2D eigenvalue weighted by atomic mass is 127. The molecule has 0 aromatic heterocycles. The van der Waals surface area contributed by atoms with Gasteiger partial charge in [-0.1, -0.05) is 6.92 Å². The van der Waals surface area contributed by atoms with Gasteiger partial charge in [0.2, 0.25) is 0 Å². The number of alkyl halides is 3. The molecule has 9 heteroatoms. The molecule has 22 heavy (non-hydrogen) atoms. The predicted octanol–water partition coefficient (Wildman–Crippen LogP) is 2.76. The number of nitrogens with one attached hydrogen (secondary N) is 2. The minimum atomic E-state index is -4.18. The van der Waals surface area contributed by atoms with Crippen LogP contribution >= 0.6 is 35.7 Å². The van der Waals surface area contributed by atoms with Crippen molar-refractivity contribution in [1.82, 2.24) is 10.6 Å². The fraction of sp³-hybridized carbons (Fsp3) is 0.923. The van der Waals surface area contributed by atoms with E-state index in [9.17, 15) is 18.3 Å². The summed E-state index contributed by atoms with van der Waals surface area (Å²) in [6, 6.07) is 0. The quantitative estimate of drug-likeness (QED) is 0.314. The molecule has 0 bridgehead atoms. The summed E-state index contributed by atoms with van der Waals surface area (Å²) in [6.45, 7) is 4.43. The van der Waals surface area contributed by atoms with E-state index in [2.05, 4.69) is 15.6 Å². The third-order valence-electron chi connectivity index (χ3n) is 3.36. The first-order chi connectivity index (χ1) is 9.80. The molecule has 1 fully saturated rings. The Hall–Kier alpha value is 0.1000. The minimum Gasteiger partial charge on any atom is -0.387 e. The van der Waals surface area contributed by atoms with Crippen molar-refractivity contribution in [2.45, 2.75) is 50.1 Å². The average molecular weight is 455 g/mol. The molecule has 0 heterocycles. The van der Waals surface area contributed by atoms with Crippen LogP contribution in [0.25, 0.3) is 0 Å². The Balaban J connectivity index is 0.00000441. The summed E-state index contributed by atoms with van der Waals surface area (Å²) in [4.78, 5) is 4.22. The van der Waals surface area contributed by atoms with Crippen LogP contribution in [0.3, 0.4) is 0 Å². The van der Waals surface area contributed by atoms with Gasteiger partial charge in [0.1, 0.15) is 0 Å².